The SMILES string of the molecule is NS(=O)(=O)c1ccc2c(c1Cl)CN(CCCCCN1CCc3ccc(S(N)(=O)=O)c(Cl)c3C1)CC2. The van der Waals surface area contributed by atoms with Crippen LogP contribution in [0.1, 0.15) is 41.5 Å². The highest BCUT2D eigenvalue weighted by atomic mass is 35.5. The second-order valence-corrected chi connectivity index (χ2v) is 13.0. The fourth-order valence-corrected chi connectivity index (χ4v) is 7.32. The molecule has 2 aromatic rings. The van der Waals surface area contributed by atoms with Gasteiger partial charge >= 0.3 is 0 Å². The van der Waals surface area contributed by atoms with Crippen LogP contribution in [0.3, 0.4) is 0 Å². The zero-order valence-electron chi connectivity index (χ0n) is 19.3. The normalized spacial score (nSPS) is 17.3. The summed E-state index contributed by atoms with van der Waals surface area (Å²) in [4.78, 5) is 4.57. The molecule has 192 valence electrons. The summed E-state index contributed by atoms with van der Waals surface area (Å²) in [6.07, 6.45) is 4.73. The highest BCUT2D eigenvalue weighted by Gasteiger charge is 2.25. The van der Waals surface area contributed by atoms with Crippen LogP contribution in [0.4, 0.5) is 0 Å². The summed E-state index contributed by atoms with van der Waals surface area (Å²) >= 11 is 12.8. The summed E-state index contributed by atoms with van der Waals surface area (Å²) in [7, 11) is -7.70. The average Bonchev–Trinajstić information content (AvgIpc) is 2.78. The Morgan fingerprint density at radius 1 is 0.686 bits per heavy atom. The Bertz CT molecular complexity index is 1230. The first-order valence-electron chi connectivity index (χ1n) is 11.6. The number of benzene rings is 2. The number of nitrogens with zero attached hydrogens (tertiary/aromatic N) is 2. The molecule has 0 unspecified atom stereocenters. The van der Waals surface area contributed by atoms with Gasteiger partial charge in [-0.2, -0.15) is 0 Å². The van der Waals surface area contributed by atoms with Gasteiger partial charge in [0, 0.05) is 26.2 Å². The van der Waals surface area contributed by atoms with Gasteiger partial charge in [-0.3, -0.25) is 9.80 Å². The standard InChI is InChI=1S/C23H30Cl2N4O4S2/c24-22-18-14-28(12-8-16(18)4-6-20(22)34(26,30)31)10-2-1-3-11-29-13-9-17-5-7-21(35(27,32)33)23(25)19(17)15-29/h4-7H,1-3,8-15H2,(H2,26,30,31)(H2,27,32,33). The van der Waals surface area contributed by atoms with Crippen molar-refractivity contribution in [2.75, 3.05) is 26.2 Å². The Hall–Kier alpha value is -1.24. The quantitative estimate of drug-likeness (QED) is 0.478. The summed E-state index contributed by atoms with van der Waals surface area (Å²) < 4.78 is 47.1. The van der Waals surface area contributed by atoms with E-state index in [1.54, 1.807) is 0 Å². The zero-order chi connectivity index (χ0) is 25.4. The number of nitrogens with two attached hydrogens (primary N) is 2. The topological polar surface area (TPSA) is 127 Å². The van der Waals surface area contributed by atoms with E-state index in [4.69, 9.17) is 33.5 Å². The zero-order valence-corrected chi connectivity index (χ0v) is 22.5. The summed E-state index contributed by atoms with van der Waals surface area (Å²) in [5.74, 6) is 0. The smallest absolute Gasteiger partial charge is 0.239 e. The number of fused-ring (bicyclic) bond motifs is 2. The second-order valence-electron chi connectivity index (χ2n) is 9.23. The van der Waals surface area contributed by atoms with E-state index in [-0.39, 0.29) is 19.8 Å². The predicted octanol–water partition coefficient (Wildman–Crippen LogP) is 2.87. The number of primary sulfonamides is 2. The Labute approximate surface area is 217 Å². The summed E-state index contributed by atoms with van der Waals surface area (Å²) in [6, 6.07) is 6.61. The van der Waals surface area contributed by atoms with Gasteiger partial charge in [0.1, 0.15) is 9.79 Å². The second kappa shape index (κ2) is 10.6. The number of hydrogen-bond acceptors (Lipinski definition) is 6. The Balaban J connectivity index is 1.26. The molecule has 4 N–H and O–H groups in total. The minimum atomic E-state index is -3.85. The van der Waals surface area contributed by atoms with Crippen LogP contribution in [0.5, 0.6) is 0 Å². The maximum atomic E-state index is 11.8. The molecule has 0 spiro atoms. The molecule has 2 aliphatic heterocycles. The van der Waals surface area contributed by atoms with Crippen molar-refractivity contribution in [3.8, 4) is 0 Å². The molecule has 0 fully saturated rings. The molecule has 0 aromatic heterocycles. The number of halogens is 2. The van der Waals surface area contributed by atoms with Crippen molar-refractivity contribution in [1.29, 1.82) is 0 Å². The minimum absolute atomic E-state index is 0.0147. The van der Waals surface area contributed by atoms with Crippen LogP contribution >= 0.6 is 23.2 Å². The Morgan fingerprint density at radius 2 is 1.09 bits per heavy atom. The summed E-state index contributed by atoms with van der Waals surface area (Å²) in [5, 5.41) is 11.1. The molecule has 0 aliphatic carbocycles. The molecule has 0 amide bonds. The van der Waals surface area contributed by atoms with Gasteiger partial charge in [-0.15, -0.1) is 0 Å². The van der Waals surface area contributed by atoms with Gasteiger partial charge < -0.3 is 0 Å². The van der Waals surface area contributed by atoms with E-state index in [1.807, 2.05) is 12.1 Å². The van der Waals surface area contributed by atoms with Gasteiger partial charge in [-0.05, 0) is 73.2 Å². The third-order valence-electron chi connectivity index (χ3n) is 6.83. The molecule has 12 heteroatoms. The first-order chi connectivity index (χ1) is 16.4. The van der Waals surface area contributed by atoms with E-state index in [0.29, 0.717) is 13.1 Å². The molecule has 2 aliphatic rings. The van der Waals surface area contributed by atoms with Crippen LogP contribution < -0.4 is 10.3 Å². The predicted molar refractivity (Wildman–Crippen MR) is 137 cm³/mol. The highest BCUT2D eigenvalue weighted by Crippen LogP contribution is 2.33. The van der Waals surface area contributed by atoms with E-state index in [2.05, 4.69) is 9.80 Å². The van der Waals surface area contributed by atoms with Crippen LogP contribution in [0, 0.1) is 0 Å². The molecule has 35 heavy (non-hydrogen) atoms. The maximum Gasteiger partial charge on any atom is 0.239 e. The fourth-order valence-electron chi connectivity index (χ4n) is 4.92. The van der Waals surface area contributed by atoms with Gasteiger partial charge in [0.25, 0.3) is 0 Å². The van der Waals surface area contributed by atoms with Gasteiger partial charge in [0.15, 0.2) is 0 Å². The molecule has 0 bridgehead atoms. The molecule has 2 aromatic carbocycles. The number of unbranched alkanes of at least 4 members (excludes halogenated alkanes) is 2. The van der Waals surface area contributed by atoms with E-state index < -0.39 is 20.0 Å². The number of rotatable bonds is 8. The van der Waals surface area contributed by atoms with E-state index in [1.165, 1.54) is 12.1 Å². The summed E-state index contributed by atoms with van der Waals surface area (Å²) in [6.45, 7) is 4.86. The van der Waals surface area contributed by atoms with Crippen LogP contribution in [-0.4, -0.2) is 52.8 Å². The fraction of sp³-hybridized carbons (Fsp3) is 0.478. The Morgan fingerprint density at radius 3 is 1.46 bits per heavy atom. The molecular weight excluding hydrogens is 531 g/mol. The maximum absolute atomic E-state index is 11.8. The van der Waals surface area contributed by atoms with E-state index in [9.17, 15) is 16.8 Å². The lowest BCUT2D eigenvalue weighted by atomic mass is 9.99. The van der Waals surface area contributed by atoms with Crippen molar-refractivity contribution in [1.82, 2.24) is 9.80 Å². The van der Waals surface area contributed by atoms with E-state index in [0.717, 1.165) is 80.5 Å². The van der Waals surface area contributed by atoms with Crippen molar-refractivity contribution in [2.45, 2.75) is 55.0 Å². The lowest BCUT2D eigenvalue weighted by molar-refractivity contribution is 0.231. The third kappa shape index (κ3) is 6.19. The molecule has 0 saturated carbocycles. The van der Waals surface area contributed by atoms with Crippen molar-refractivity contribution in [3.05, 3.63) is 56.6 Å². The third-order valence-corrected chi connectivity index (χ3v) is 9.82. The molecule has 0 atom stereocenters. The van der Waals surface area contributed by atoms with Gasteiger partial charge in [0.05, 0.1) is 10.0 Å². The van der Waals surface area contributed by atoms with Crippen molar-refractivity contribution in [3.63, 3.8) is 0 Å². The van der Waals surface area contributed by atoms with Crippen molar-refractivity contribution >= 4 is 43.2 Å². The van der Waals surface area contributed by atoms with Crippen LogP contribution in [0.15, 0.2) is 34.1 Å². The molecule has 0 saturated heterocycles. The van der Waals surface area contributed by atoms with Gasteiger partial charge in [-0.25, -0.2) is 27.1 Å². The lowest BCUT2D eigenvalue weighted by Gasteiger charge is -2.31. The van der Waals surface area contributed by atoms with E-state index >= 15 is 0 Å². The summed E-state index contributed by atoms with van der Waals surface area (Å²) in [5.41, 5.74) is 3.86. The van der Waals surface area contributed by atoms with Crippen LogP contribution in [-0.2, 0) is 46.0 Å². The van der Waals surface area contributed by atoms with Crippen LogP contribution in [0.25, 0.3) is 0 Å². The highest BCUT2D eigenvalue weighted by molar-refractivity contribution is 7.89. The molecule has 8 nitrogen and oxygen atoms in total. The monoisotopic (exact) mass is 560 g/mol. The van der Waals surface area contributed by atoms with Crippen molar-refractivity contribution < 1.29 is 16.8 Å². The first kappa shape index (κ1) is 26.8. The number of hydrogen-bond donors (Lipinski definition) is 2. The van der Waals surface area contributed by atoms with Crippen LogP contribution in [0.2, 0.25) is 10.0 Å². The number of sulfonamides is 2. The Kier molecular flexibility index (Phi) is 8.14. The molecule has 4 rings (SSSR count). The molecule has 0 radical (unpaired) electrons. The first-order valence-corrected chi connectivity index (χ1v) is 15.4. The molecular formula is C23H30Cl2N4O4S2. The minimum Gasteiger partial charge on any atom is -0.299 e. The average molecular weight is 562 g/mol. The van der Waals surface area contributed by atoms with Gasteiger partial charge in [0.2, 0.25) is 20.0 Å². The largest absolute Gasteiger partial charge is 0.299 e. The van der Waals surface area contributed by atoms with Gasteiger partial charge in [-0.1, -0.05) is 41.8 Å². The lowest BCUT2D eigenvalue weighted by Crippen LogP contribution is -2.33. The molecule has 2 heterocycles. The van der Waals surface area contributed by atoms with Crippen molar-refractivity contribution in [2.24, 2.45) is 10.3 Å².